The van der Waals surface area contributed by atoms with E-state index in [-0.39, 0.29) is 0 Å². The lowest BCUT2D eigenvalue weighted by atomic mass is 9.95. The molecule has 0 amide bonds. The summed E-state index contributed by atoms with van der Waals surface area (Å²) in [4.78, 5) is 4.81. The number of nitrogens with zero attached hydrogens (tertiary/aromatic N) is 5. The van der Waals surface area contributed by atoms with Crippen molar-refractivity contribution in [1.82, 2.24) is 29.9 Å². The van der Waals surface area contributed by atoms with E-state index in [1.807, 2.05) is 30.3 Å². The van der Waals surface area contributed by atoms with Crippen LogP contribution in [-0.2, 0) is 24.8 Å². The normalized spacial score (nSPS) is 17.1. The average molecular weight is 429 g/mol. The number of pyridine rings is 1. The van der Waals surface area contributed by atoms with Crippen LogP contribution in [0.15, 0.2) is 36.8 Å². The summed E-state index contributed by atoms with van der Waals surface area (Å²) in [7, 11) is 1.93. The third-order valence-corrected chi connectivity index (χ3v) is 6.87. The van der Waals surface area contributed by atoms with E-state index in [1.54, 1.807) is 0 Å². The summed E-state index contributed by atoms with van der Waals surface area (Å²) in [5, 5.41) is 15.5. The van der Waals surface area contributed by atoms with Crippen molar-refractivity contribution in [3.63, 3.8) is 0 Å². The van der Waals surface area contributed by atoms with Crippen LogP contribution in [0.5, 0.6) is 0 Å². The number of rotatable bonds is 3. The van der Waals surface area contributed by atoms with Gasteiger partial charge >= 0.3 is 0 Å². The second-order valence-corrected chi connectivity index (χ2v) is 8.94. The molecule has 7 nitrogen and oxygen atoms in total. The minimum atomic E-state index is 0.427. The van der Waals surface area contributed by atoms with Crippen molar-refractivity contribution in [1.29, 1.82) is 0 Å². The highest BCUT2D eigenvalue weighted by Gasteiger charge is 2.27. The van der Waals surface area contributed by atoms with Gasteiger partial charge in [-0.05, 0) is 36.8 Å². The number of aryl methyl sites for hydroxylation is 2. The summed E-state index contributed by atoms with van der Waals surface area (Å²) in [5.74, 6) is 0. The molecule has 4 aromatic rings. The van der Waals surface area contributed by atoms with Gasteiger partial charge < -0.3 is 10.1 Å². The van der Waals surface area contributed by atoms with Gasteiger partial charge in [-0.3, -0.25) is 14.3 Å². The minimum Gasteiger partial charge on any atom is -0.381 e. The average Bonchev–Trinajstić information content (AvgIpc) is 3.44. The molecule has 7 heteroatoms. The second-order valence-electron chi connectivity index (χ2n) is 8.94. The zero-order valence-electron chi connectivity index (χ0n) is 18.6. The number of nitrogens with one attached hydrogen (secondary N) is 1. The number of hydrogen-bond acceptors (Lipinski definition) is 5. The molecule has 5 heterocycles. The van der Waals surface area contributed by atoms with Gasteiger partial charge in [0.05, 0.1) is 23.6 Å². The molecule has 2 aliphatic rings. The Bertz CT molecular complexity index is 1300. The van der Waals surface area contributed by atoms with E-state index in [4.69, 9.17) is 14.8 Å². The van der Waals surface area contributed by atoms with E-state index in [0.717, 1.165) is 67.9 Å². The van der Waals surface area contributed by atoms with Crippen LogP contribution >= 0.6 is 0 Å². The first-order valence-corrected chi connectivity index (χ1v) is 11.5. The zero-order chi connectivity index (χ0) is 21.7. The molecule has 6 rings (SSSR count). The largest absolute Gasteiger partial charge is 0.381 e. The van der Waals surface area contributed by atoms with Crippen LogP contribution in [0.3, 0.4) is 0 Å². The third kappa shape index (κ3) is 3.24. The van der Waals surface area contributed by atoms with Crippen LogP contribution in [0.1, 0.15) is 35.7 Å². The molecule has 3 aromatic heterocycles. The number of hydrogen-bond donors (Lipinski definition) is 1. The fourth-order valence-electron chi connectivity index (χ4n) is 5.12. The second kappa shape index (κ2) is 7.83. The van der Waals surface area contributed by atoms with E-state index >= 15 is 0 Å². The quantitative estimate of drug-likeness (QED) is 0.537. The Labute approximate surface area is 187 Å². The first-order valence-electron chi connectivity index (χ1n) is 11.5. The molecule has 0 atom stereocenters. The molecule has 32 heavy (non-hydrogen) atoms. The Kier molecular flexibility index (Phi) is 4.81. The van der Waals surface area contributed by atoms with Crippen molar-refractivity contribution < 1.29 is 4.74 Å². The molecule has 1 saturated heterocycles. The number of aromatic nitrogens is 5. The van der Waals surface area contributed by atoms with Crippen LogP contribution in [-0.4, -0.2) is 44.3 Å². The summed E-state index contributed by atoms with van der Waals surface area (Å²) in [6.07, 6.45) is 8.97. The van der Waals surface area contributed by atoms with Gasteiger partial charge in [-0.2, -0.15) is 10.2 Å². The summed E-state index contributed by atoms with van der Waals surface area (Å²) in [5.41, 5.74) is 8.21. The lowest BCUT2D eigenvalue weighted by molar-refractivity contribution is 0.0654. The van der Waals surface area contributed by atoms with Gasteiger partial charge in [0.1, 0.15) is 0 Å². The Morgan fingerprint density at radius 2 is 2.00 bits per heavy atom. The lowest BCUT2D eigenvalue weighted by Crippen LogP contribution is -2.28. The van der Waals surface area contributed by atoms with Gasteiger partial charge in [0.2, 0.25) is 0 Å². The smallest absolute Gasteiger partial charge is 0.0977 e. The molecule has 0 unspecified atom stereocenters. The van der Waals surface area contributed by atoms with Crippen LogP contribution in [0.2, 0.25) is 0 Å². The Hall–Kier alpha value is -3.03. The van der Waals surface area contributed by atoms with Crippen molar-refractivity contribution >= 4 is 10.8 Å². The number of ether oxygens (including phenoxy) is 1. The van der Waals surface area contributed by atoms with E-state index in [2.05, 4.69) is 40.2 Å². The predicted molar refractivity (Wildman–Crippen MR) is 124 cm³/mol. The van der Waals surface area contributed by atoms with Gasteiger partial charge in [-0.25, -0.2) is 0 Å². The molecule has 0 bridgehead atoms. The Morgan fingerprint density at radius 1 is 1.12 bits per heavy atom. The Balaban J connectivity index is 1.51. The van der Waals surface area contributed by atoms with Gasteiger partial charge in [0, 0.05) is 79.9 Å². The van der Waals surface area contributed by atoms with Crippen molar-refractivity contribution in [3.05, 3.63) is 53.6 Å². The van der Waals surface area contributed by atoms with Gasteiger partial charge in [-0.15, -0.1) is 0 Å². The van der Waals surface area contributed by atoms with Gasteiger partial charge in [0.15, 0.2) is 0 Å². The topological polar surface area (TPSA) is 69.8 Å². The van der Waals surface area contributed by atoms with Crippen LogP contribution in [0.25, 0.3) is 33.3 Å². The molecule has 164 valence electrons. The SMILES string of the molecule is Cc1ccc(-c2nn(C3CCOCC3)c3c2CNCC3)c2cnc(-c3cnn(C)c3)cc12. The molecule has 0 spiro atoms. The molecule has 2 aliphatic heterocycles. The number of fused-ring (bicyclic) bond motifs is 2. The lowest BCUT2D eigenvalue weighted by Gasteiger charge is -2.25. The zero-order valence-corrected chi connectivity index (χ0v) is 18.6. The molecule has 0 saturated carbocycles. The van der Waals surface area contributed by atoms with Crippen LogP contribution in [0.4, 0.5) is 0 Å². The van der Waals surface area contributed by atoms with E-state index in [1.165, 1.54) is 27.8 Å². The van der Waals surface area contributed by atoms with Crippen molar-refractivity contribution in [2.24, 2.45) is 7.05 Å². The Morgan fingerprint density at radius 3 is 2.81 bits per heavy atom. The molecular weight excluding hydrogens is 400 g/mol. The van der Waals surface area contributed by atoms with Gasteiger partial charge in [-0.1, -0.05) is 12.1 Å². The third-order valence-electron chi connectivity index (χ3n) is 6.87. The van der Waals surface area contributed by atoms with E-state index in [0.29, 0.717) is 6.04 Å². The van der Waals surface area contributed by atoms with E-state index < -0.39 is 0 Å². The van der Waals surface area contributed by atoms with Crippen molar-refractivity contribution in [2.45, 2.75) is 38.8 Å². The maximum atomic E-state index is 5.61. The maximum Gasteiger partial charge on any atom is 0.0977 e. The van der Waals surface area contributed by atoms with Crippen LogP contribution in [0, 0.1) is 6.92 Å². The molecular formula is C25H28N6O. The number of benzene rings is 1. The van der Waals surface area contributed by atoms with Crippen molar-refractivity contribution in [2.75, 3.05) is 19.8 Å². The first-order chi connectivity index (χ1) is 15.7. The highest BCUT2D eigenvalue weighted by Crippen LogP contribution is 2.37. The molecule has 1 fully saturated rings. The molecule has 0 aliphatic carbocycles. The summed E-state index contributed by atoms with van der Waals surface area (Å²) in [6.45, 7) is 5.68. The monoisotopic (exact) mass is 428 g/mol. The fraction of sp³-hybridized carbons (Fsp3) is 0.400. The van der Waals surface area contributed by atoms with Crippen molar-refractivity contribution in [3.8, 4) is 22.5 Å². The molecule has 1 aromatic carbocycles. The standard InChI is InChI=1S/C25H28N6O/c1-16-3-4-19(21-14-27-23(11-20(16)21)17-12-28-30(2)15-17)25-22-13-26-8-5-24(22)31(29-25)18-6-9-32-10-7-18/h3-4,11-12,14-15,18,26H,5-10,13H2,1-2H3. The summed E-state index contributed by atoms with van der Waals surface area (Å²) < 4.78 is 9.74. The fourth-order valence-corrected chi connectivity index (χ4v) is 5.12. The summed E-state index contributed by atoms with van der Waals surface area (Å²) in [6, 6.07) is 7.04. The predicted octanol–water partition coefficient (Wildman–Crippen LogP) is 3.80. The minimum absolute atomic E-state index is 0.427. The highest BCUT2D eigenvalue weighted by atomic mass is 16.5. The van der Waals surface area contributed by atoms with Gasteiger partial charge in [0.25, 0.3) is 0 Å². The first kappa shape index (κ1) is 19.6. The maximum absolute atomic E-state index is 5.61. The summed E-state index contributed by atoms with van der Waals surface area (Å²) >= 11 is 0. The highest BCUT2D eigenvalue weighted by molar-refractivity contribution is 5.99. The molecule has 0 radical (unpaired) electrons. The van der Waals surface area contributed by atoms with Crippen LogP contribution < -0.4 is 5.32 Å². The molecule has 1 N–H and O–H groups in total. The van der Waals surface area contributed by atoms with E-state index in [9.17, 15) is 0 Å².